The fraction of sp³-hybridized carbons (Fsp3) is 0.0968. The van der Waals surface area contributed by atoms with Crippen molar-refractivity contribution >= 4 is 142 Å². The van der Waals surface area contributed by atoms with E-state index in [1.54, 1.807) is 0 Å². The fourth-order valence-electron chi connectivity index (χ4n) is 11.2. The highest BCUT2D eigenvalue weighted by molar-refractivity contribution is 7.33. The van der Waals surface area contributed by atoms with Gasteiger partial charge in [0.25, 0.3) is 6.71 Å². The van der Waals surface area contributed by atoms with Gasteiger partial charge >= 0.3 is 0 Å². The van der Waals surface area contributed by atoms with Crippen LogP contribution in [0.15, 0.2) is 182 Å². The summed E-state index contributed by atoms with van der Waals surface area (Å²) < 4.78 is 6.67. The van der Waals surface area contributed by atoms with Crippen molar-refractivity contribution in [1.82, 2.24) is 0 Å². The van der Waals surface area contributed by atoms with Gasteiger partial charge in [0.15, 0.2) is 0 Å². The first-order chi connectivity index (χ1) is 33.6. The first-order valence-electron chi connectivity index (χ1n) is 23.8. The average Bonchev–Trinajstić information content (AvgIpc) is 4.18. The molecule has 14 rings (SSSR count). The lowest BCUT2D eigenvalue weighted by atomic mass is 9.36. The number of rotatable bonds is 5. The molecule has 7 heteroatoms. The standard InChI is InChI=1S/C62H45BN2S4/c1-36-28-43(57-34-41-16-8-11-23-53(41)68-57)29-37(2)59(36)65-49-20-13-19-48-58(49)63(61-60(65)46-35-44(62(3,4)5)25-27-54(46)69-61)47-26-24-42(56-33-40-15-7-10-22-52(40)67-56)31-50(47)64(48)45-18-12-17-38(30-45)55-32-39-14-6-9-21-51(39)66-55/h6-35H,1-5H3. The Morgan fingerprint density at radius 2 is 0.986 bits per heavy atom. The normalized spacial score (nSPS) is 13.2. The van der Waals surface area contributed by atoms with E-state index in [4.69, 9.17) is 0 Å². The van der Waals surface area contributed by atoms with Gasteiger partial charge in [-0.05, 0) is 171 Å². The number of hydrogen-bond acceptors (Lipinski definition) is 6. The highest BCUT2D eigenvalue weighted by Gasteiger charge is 2.46. The van der Waals surface area contributed by atoms with E-state index in [9.17, 15) is 0 Å². The smallest absolute Gasteiger partial charge is 0.264 e. The third-order valence-corrected chi connectivity index (χ3v) is 19.1. The van der Waals surface area contributed by atoms with Crippen molar-refractivity contribution in [3.63, 3.8) is 0 Å². The number of thiophene rings is 4. The maximum Gasteiger partial charge on any atom is 0.264 e. The molecule has 8 aromatic carbocycles. The zero-order chi connectivity index (χ0) is 46.3. The van der Waals surface area contributed by atoms with Crippen molar-refractivity contribution in [2.75, 3.05) is 9.80 Å². The van der Waals surface area contributed by atoms with Gasteiger partial charge in [-0.2, -0.15) is 0 Å². The van der Waals surface area contributed by atoms with Gasteiger partial charge in [0.2, 0.25) is 0 Å². The van der Waals surface area contributed by atoms with Crippen LogP contribution in [0.25, 0.3) is 71.7 Å². The van der Waals surface area contributed by atoms with E-state index in [-0.39, 0.29) is 12.1 Å². The Morgan fingerprint density at radius 3 is 1.59 bits per heavy atom. The van der Waals surface area contributed by atoms with Gasteiger partial charge in [-0.3, -0.25) is 0 Å². The van der Waals surface area contributed by atoms with E-state index in [2.05, 4.69) is 226 Å². The number of hydrogen-bond donors (Lipinski definition) is 0. The maximum absolute atomic E-state index is 2.66. The van der Waals surface area contributed by atoms with E-state index in [0.717, 1.165) is 5.69 Å². The molecule has 0 atom stereocenters. The van der Waals surface area contributed by atoms with Crippen LogP contribution in [0.1, 0.15) is 37.5 Å². The number of fused-ring (bicyclic) bond motifs is 9. The summed E-state index contributed by atoms with van der Waals surface area (Å²) in [7, 11) is 0. The molecule has 4 aromatic heterocycles. The van der Waals surface area contributed by atoms with Crippen LogP contribution in [-0.4, -0.2) is 6.71 Å². The van der Waals surface area contributed by atoms with Crippen LogP contribution >= 0.6 is 45.3 Å². The Balaban J connectivity index is 1.03. The molecule has 2 nitrogen and oxygen atoms in total. The van der Waals surface area contributed by atoms with Crippen molar-refractivity contribution in [2.45, 2.75) is 40.0 Å². The van der Waals surface area contributed by atoms with Gasteiger partial charge in [0, 0.05) is 66.3 Å². The quantitative estimate of drug-likeness (QED) is 0.159. The lowest BCUT2D eigenvalue weighted by Gasteiger charge is -2.43. The molecule has 0 unspecified atom stereocenters. The van der Waals surface area contributed by atoms with Crippen LogP contribution in [0.5, 0.6) is 0 Å². The van der Waals surface area contributed by atoms with Crippen LogP contribution in [0.3, 0.4) is 0 Å². The minimum atomic E-state index is -0.00335. The molecule has 12 aromatic rings. The number of benzene rings is 8. The van der Waals surface area contributed by atoms with Crippen LogP contribution < -0.4 is 25.5 Å². The molecule has 69 heavy (non-hydrogen) atoms. The summed E-state index contributed by atoms with van der Waals surface area (Å²) in [6, 6.07) is 69.2. The molecule has 0 radical (unpaired) electrons. The molecule has 6 heterocycles. The van der Waals surface area contributed by atoms with Crippen LogP contribution in [0, 0.1) is 13.8 Å². The summed E-state index contributed by atoms with van der Waals surface area (Å²) in [5.41, 5.74) is 17.8. The van der Waals surface area contributed by atoms with E-state index < -0.39 is 0 Å². The zero-order valence-electron chi connectivity index (χ0n) is 38.9. The molecule has 0 saturated carbocycles. The molecule has 0 bridgehead atoms. The third-order valence-electron chi connectivity index (χ3n) is 14.4. The highest BCUT2D eigenvalue weighted by atomic mass is 32.1. The minimum absolute atomic E-state index is 0.00335. The Bertz CT molecular complexity index is 3960. The van der Waals surface area contributed by atoms with E-state index >= 15 is 0 Å². The van der Waals surface area contributed by atoms with Crippen molar-refractivity contribution < 1.29 is 0 Å². The molecule has 0 spiro atoms. The SMILES string of the molecule is Cc1cc(-c2cc3ccccc3s2)cc(C)c1N1c2cccc3c2B(c2ccc(-c4cc5ccccc5s4)cc2N3c2cccc(-c3cc4ccccc4s3)c2)c2sc3ccc(C(C)(C)C)cc3c21. The Morgan fingerprint density at radius 1 is 0.420 bits per heavy atom. The van der Waals surface area contributed by atoms with Gasteiger partial charge in [0.05, 0.1) is 11.4 Å². The maximum atomic E-state index is 2.66. The minimum Gasteiger partial charge on any atom is -0.311 e. The summed E-state index contributed by atoms with van der Waals surface area (Å²) >= 11 is 7.61. The zero-order valence-corrected chi connectivity index (χ0v) is 42.2. The molecule has 330 valence electrons. The van der Waals surface area contributed by atoms with Crippen molar-refractivity contribution in [2.24, 2.45) is 0 Å². The van der Waals surface area contributed by atoms with E-state index in [1.165, 1.54) is 132 Å². The van der Waals surface area contributed by atoms with Gasteiger partial charge < -0.3 is 9.80 Å². The summed E-state index contributed by atoms with van der Waals surface area (Å²) in [6.07, 6.45) is 0. The van der Waals surface area contributed by atoms with Crippen LogP contribution in [-0.2, 0) is 5.41 Å². The lowest BCUT2D eigenvalue weighted by molar-refractivity contribution is 0.591. The Kier molecular flexibility index (Phi) is 9.20. The van der Waals surface area contributed by atoms with Gasteiger partial charge in [-0.25, -0.2) is 0 Å². The third kappa shape index (κ3) is 6.48. The summed E-state index contributed by atoms with van der Waals surface area (Å²) in [6.45, 7) is 11.7. The second-order valence-corrected chi connectivity index (χ2v) is 24.2. The molecule has 0 saturated heterocycles. The monoisotopic (exact) mass is 956 g/mol. The lowest BCUT2D eigenvalue weighted by Crippen LogP contribution is -2.60. The second-order valence-electron chi connectivity index (χ2n) is 19.8. The Hall–Kier alpha value is -6.74. The van der Waals surface area contributed by atoms with E-state index in [1.807, 2.05) is 45.3 Å². The average molecular weight is 957 g/mol. The molecule has 0 fully saturated rings. The number of nitrogens with zero attached hydrogens (tertiary/aromatic N) is 2. The largest absolute Gasteiger partial charge is 0.311 e. The highest BCUT2D eigenvalue weighted by Crippen LogP contribution is 2.51. The van der Waals surface area contributed by atoms with Gasteiger partial charge in [-0.15, -0.1) is 45.3 Å². The predicted molar refractivity (Wildman–Crippen MR) is 306 cm³/mol. The second kappa shape index (κ2) is 15.4. The first-order valence-corrected chi connectivity index (χ1v) is 27.0. The molecule has 0 aliphatic carbocycles. The van der Waals surface area contributed by atoms with Crippen molar-refractivity contribution in [1.29, 1.82) is 0 Å². The van der Waals surface area contributed by atoms with E-state index in [0.29, 0.717) is 0 Å². The van der Waals surface area contributed by atoms with Crippen molar-refractivity contribution in [3.05, 3.63) is 199 Å². The van der Waals surface area contributed by atoms with Gasteiger partial charge in [0.1, 0.15) is 0 Å². The van der Waals surface area contributed by atoms with Crippen molar-refractivity contribution in [3.8, 4) is 31.3 Å². The molecule has 2 aliphatic rings. The predicted octanol–water partition coefficient (Wildman–Crippen LogP) is 17.5. The molecule has 0 amide bonds. The first kappa shape index (κ1) is 41.3. The number of aryl methyl sites for hydroxylation is 2. The molecular weight excluding hydrogens is 912 g/mol. The summed E-state index contributed by atoms with van der Waals surface area (Å²) in [5, 5.41) is 5.20. The topological polar surface area (TPSA) is 6.48 Å². The van der Waals surface area contributed by atoms with Crippen LogP contribution in [0.4, 0.5) is 34.1 Å². The Labute approximate surface area is 419 Å². The molecule has 2 aliphatic heterocycles. The summed E-state index contributed by atoms with van der Waals surface area (Å²) in [5.74, 6) is 0. The number of anilines is 6. The molecule has 0 N–H and O–H groups in total. The van der Waals surface area contributed by atoms with Crippen LogP contribution in [0.2, 0.25) is 0 Å². The molecular formula is C62H45BN2S4. The fourth-order valence-corrected chi connectivity index (χ4v) is 15.6. The summed E-state index contributed by atoms with van der Waals surface area (Å²) in [4.78, 5) is 9.12. The van der Waals surface area contributed by atoms with Gasteiger partial charge in [-0.1, -0.05) is 112 Å².